The van der Waals surface area contributed by atoms with Crippen molar-refractivity contribution in [3.8, 4) is 5.88 Å². The molecule has 9 nitrogen and oxygen atoms in total. The maximum atomic E-state index is 12.9. The number of hydrogen-bond donors (Lipinski definition) is 0. The van der Waals surface area contributed by atoms with E-state index in [-0.39, 0.29) is 6.10 Å². The molecule has 10 heteroatoms. The van der Waals surface area contributed by atoms with Crippen LogP contribution in [0.15, 0.2) is 24.5 Å². The summed E-state index contributed by atoms with van der Waals surface area (Å²) < 4.78 is 40.4. The molecule has 3 aliphatic rings. The molecule has 3 fully saturated rings. The van der Waals surface area contributed by atoms with Crippen LogP contribution in [0.1, 0.15) is 25.7 Å². The van der Waals surface area contributed by atoms with Crippen LogP contribution >= 0.6 is 0 Å². The molecule has 1 aromatic heterocycles. The van der Waals surface area contributed by atoms with Gasteiger partial charge in [-0.05, 0) is 43.9 Å². The van der Waals surface area contributed by atoms with Crippen molar-refractivity contribution in [3.05, 3.63) is 24.5 Å². The van der Waals surface area contributed by atoms with E-state index in [0.717, 1.165) is 29.4 Å². The number of fused-ring (bicyclic) bond motifs is 1. The van der Waals surface area contributed by atoms with Crippen molar-refractivity contribution < 1.29 is 17.9 Å². The minimum Gasteiger partial charge on any atom is -0.474 e. The Balaban J connectivity index is 1.30. The topological polar surface area (TPSA) is 88.1 Å². The van der Waals surface area contributed by atoms with Gasteiger partial charge in [0.2, 0.25) is 5.88 Å². The maximum absolute atomic E-state index is 12.9. The number of rotatable bonds is 5. The number of benzene rings is 1. The Kier molecular flexibility index (Phi) is 5.96. The molecule has 0 spiro atoms. The van der Waals surface area contributed by atoms with Crippen LogP contribution in [-0.4, -0.2) is 85.6 Å². The number of ether oxygens (including phenoxy) is 2. The van der Waals surface area contributed by atoms with E-state index in [1.54, 1.807) is 10.6 Å². The zero-order valence-electron chi connectivity index (χ0n) is 17.6. The molecule has 1 aliphatic carbocycles. The highest BCUT2D eigenvalue weighted by Crippen LogP contribution is 2.30. The third-order valence-corrected chi connectivity index (χ3v) is 8.42. The molecule has 31 heavy (non-hydrogen) atoms. The van der Waals surface area contributed by atoms with Gasteiger partial charge in [-0.3, -0.25) is 0 Å². The smallest absolute Gasteiger partial charge is 0.282 e. The molecule has 0 N–H and O–H groups in total. The van der Waals surface area contributed by atoms with E-state index in [9.17, 15) is 8.42 Å². The number of anilines is 1. The quantitative estimate of drug-likeness (QED) is 0.689. The first kappa shape index (κ1) is 20.9. The number of piperazine rings is 1. The first-order valence-electron chi connectivity index (χ1n) is 11.1. The Hall–Kier alpha value is -2.01. The molecular weight excluding hydrogens is 418 g/mol. The summed E-state index contributed by atoms with van der Waals surface area (Å²) in [5, 5.41) is 0.912. The first-order valence-corrected chi connectivity index (χ1v) is 12.5. The third kappa shape index (κ3) is 4.34. The van der Waals surface area contributed by atoms with Crippen LogP contribution in [0.4, 0.5) is 5.69 Å². The minimum atomic E-state index is -3.43. The molecule has 2 aromatic rings. The Morgan fingerprint density at radius 1 is 0.935 bits per heavy atom. The van der Waals surface area contributed by atoms with E-state index in [1.165, 1.54) is 17.1 Å². The van der Waals surface area contributed by atoms with Gasteiger partial charge in [-0.2, -0.15) is 17.0 Å². The molecule has 5 rings (SSSR count). The second kappa shape index (κ2) is 8.85. The molecule has 0 radical (unpaired) electrons. The summed E-state index contributed by atoms with van der Waals surface area (Å²) in [5.74, 6) is 0.646. The van der Waals surface area contributed by atoms with Gasteiger partial charge in [-0.25, -0.2) is 9.97 Å². The standard InChI is InChI=1S/C21H29N5O4S/c27-31(28,26-11-13-29-14-12-26)25-9-7-24(8-10-25)17-5-6-20-19(15-17)21(23-16-22-20)30-18-3-1-2-4-18/h5-6,15-16,18H,1-4,7-14H2. The van der Waals surface area contributed by atoms with E-state index in [2.05, 4.69) is 20.9 Å². The lowest BCUT2D eigenvalue weighted by Crippen LogP contribution is -2.55. The largest absolute Gasteiger partial charge is 0.474 e. The maximum Gasteiger partial charge on any atom is 0.282 e. The molecule has 168 valence electrons. The Morgan fingerprint density at radius 2 is 1.65 bits per heavy atom. The van der Waals surface area contributed by atoms with Gasteiger partial charge in [-0.15, -0.1) is 0 Å². The molecule has 0 bridgehead atoms. The minimum absolute atomic E-state index is 0.232. The van der Waals surface area contributed by atoms with Crippen molar-refractivity contribution in [2.45, 2.75) is 31.8 Å². The van der Waals surface area contributed by atoms with Crippen molar-refractivity contribution in [2.24, 2.45) is 0 Å². The van der Waals surface area contributed by atoms with Crippen molar-refractivity contribution in [1.82, 2.24) is 18.6 Å². The van der Waals surface area contributed by atoms with Crippen LogP contribution in [0.25, 0.3) is 10.9 Å². The highest BCUT2D eigenvalue weighted by atomic mass is 32.2. The van der Waals surface area contributed by atoms with Gasteiger partial charge in [0.1, 0.15) is 12.4 Å². The van der Waals surface area contributed by atoms with Crippen LogP contribution in [-0.2, 0) is 14.9 Å². The number of morpholine rings is 1. The fourth-order valence-corrected chi connectivity index (χ4v) is 6.16. The normalized spacial score (nSPS) is 22.3. The summed E-state index contributed by atoms with van der Waals surface area (Å²) in [6.45, 7) is 3.99. The fourth-order valence-electron chi connectivity index (χ4n) is 4.59. The van der Waals surface area contributed by atoms with E-state index >= 15 is 0 Å². The molecule has 1 saturated carbocycles. The van der Waals surface area contributed by atoms with Crippen LogP contribution in [0.2, 0.25) is 0 Å². The van der Waals surface area contributed by atoms with E-state index in [0.29, 0.717) is 58.4 Å². The van der Waals surface area contributed by atoms with Crippen molar-refractivity contribution in [2.75, 3.05) is 57.4 Å². The lowest BCUT2D eigenvalue weighted by molar-refractivity contribution is 0.0700. The lowest BCUT2D eigenvalue weighted by Gasteiger charge is -2.38. The van der Waals surface area contributed by atoms with E-state index in [1.807, 2.05) is 12.1 Å². The Morgan fingerprint density at radius 3 is 2.39 bits per heavy atom. The van der Waals surface area contributed by atoms with Gasteiger partial charge in [0.25, 0.3) is 10.2 Å². The highest BCUT2D eigenvalue weighted by molar-refractivity contribution is 7.86. The summed E-state index contributed by atoms with van der Waals surface area (Å²) in [6, 6.07) is 6.11. The summed E-state index contributed by atoms with van der Waals surface area (Å²) in [6.07, 6.45) is 6.35. The van der Waals surface area contributed by atoms with Gasteiger partial charge < -0.3 is 14.4 Å². The highest BCUT2D eigenvalue weighted by Gasteiger charge is 2.33. The Labute approximate surface area is 183 Å². The van der Waals surface area contributed by atoms with Crippen LogP contribution < -0.4 is 9.64 Å². The molecule has 2 aliphatic heterocycles. The molecular formula is C21H29N5O4S. The summed E-state index contributed by atoms with van der Waals surface area (Å²) in [7, 11) is -3.43. The van der Waals surface area contributed by atoms with Gasteiger partial charge >= 0.3 is 0 Å². The van der Waals surface area contributed by atoms with Crippen molar-refractivity contribution >= 4 is 26.8 Å². The van der Waals surface area contributed by atoms with E-state index in [4.69, 9.17) is 9.47 Å². The average Bonchev–Trinajstić information content (AvgIpc) is 3.33. The number of aromatic nitrogens is 2. The second-order valence-electron chi connectivity index (χ2n) is 8.31. The lowest BCUT2D eigenvalue weighted by atomic mass is 10.2. The number of hydrogen-bond acceptors (Lipinski definition) is 7. The SMILES string of the molecule is O=S(=O)(N1CCOCC1)N1CCN(c2ccc3ncnc(OC4CCCC4)c3c2)CC1. The zero-order chi connectivity index (χ0) is 21.3. The van der Waals surface area contributed by atoms with Gasteiger partial charge in [0, 0.05) is 45.0 Å². The van der Waals surface area contributed by atoms with Crippen molar-refractivity contribution in [1.29, 1.82) is 0 Å². The first-order chi connectivity index (χ1) is 15.1. The van der Waals surface area contributed by atoms with Gasteiger partial charge in [0.15, 0.2) is 0 Å². The molecule has 0 amide bonds. The number of nitrogens with zero attached hydrogens (tertiary/aromatic N) is 5. The third-order valence-electron chi connectivity index (χ3n) is 6.39. The van der Waals surface area contributed by atoms with Crippen LogP contribution in [0.3, 0.4) is 0 Å². The average molecular weight is 448 g/mol. The van der Waals surface area contributed by atoms with Crippen LogP contribution in [0.5, 0.6) is 5.88 Å². The van der Waals surface area contributed by atoms with Crippen molar-refractivity contribution in [3.63, 3.8) is 0 Å². The molecule has 0 atom stereocenters. The van der Waals surface area contributed by atoms with Gasteiger partial charge in [0.05, 0.1) is 24.1 Å². The summed E-state index contributed by atoms with van der Waals surface area (Å²) >= 11 is 0. The predicted octanol–water partition coefficient (Wildman–Crippen LogP) is 1.65. The summed E-state index contributed by atoms with van der Waals surface area (Å²) in [5.41, 5.74) is 1.90. The van der Waals surface area contributed by atoms with Gasteiger partial charge in [-0.1, -0.05) is 0 Å². The monoisotopic (exact) mass is 447 g/mol. The molecule has 2 saturated heterocycles. The predicted molar refractivity (Wildman–Crippen MR) is 118 cm³/mol. The second-order valence-corrected chi connectivity index (χ2v) is 10.2. The molecule has 1 aromatic carbocycles. The van der Waals surface area contributed by atoms with Crippen LogP contribution in [0, 0.1) is 0 Å². The summed E-state index contributed by atoms with van der Waals surface area (Å²) in [4.78, 5) is 11.0. The fraction of sp³-hybridized carbons (Fsp3) is 0.619. The zero-order valence-corrected chi connectivity index (χ0v) is 18.5. The van der Waals surface area contributed by atoms with E-state index < -0.39 is 10.2 Å². The Bertz CT molecular complexity index is 1010. The molecule has 0 unspecified atom stereocenters. The molecule has 3 heterocycles.